The third-order valence-corrected chi connectivity index (χ3v) is 1.66. The Balaban J connectivity index is 2.76. The van der Waals surface area contributed by atoms with E-state index < -0.39 is 0 Å². The third-order valence-electron chi connectivity index (χ3n) is 1.66. The van der Waals surface area contributed by atoms with Gasteiger partial charge in [0.15, 0.2) is 0 Å². The molecule has 0 bridgehead atoms. The van der Waals surface area contributed by atoms with E-state index in [0.29, 0.717) is 18.1 Å². The van der Waals surface area contributed by atoms with Crippen molar-refractivity contribution in [2.45, 2.75) is 20.8 Å². The Morgan fingerprint density at radius 1 is 1.47 bits per heavy atom. The molecule has 1 aromatic heterocycles. The summed E-state index contributed by atoms with van der Waals surface area (Å²) in [6.45, 7) is 5.85. The first kappa shape index (κ1) is 11.4. The molecule has 0 saturated carbocycles. The lowest BCUT2D eigenvalue weighted by Gasteiger charge is -1.98. The molecule has 0 radical (unpaired) electrons. The minimum Gasteiger partial charge on any atom is -0.463 e. The molecule has 0 amide bonds. The summed E-state index contributed by atoms with van der Waals surface area (Å²) in [5, 5.41) is 0. The van der Waals surface area contributed by atoms with Crippen molar-refractivity contribution in [1.29, 1.82) is 0 Å². The fourth-order valence-electron chi connectivity index (χ4n) is 1.17. The molecular weight excluding hydrogens is 192 g/mol. The number of carbonyl (C=O) groups excluding carboxylic acids is 1. The van der Waals surface area contributed by atoms with Gasteiger partial charge >= 0.3 is 5.97 Å². The first-order valence-corrected chi connectivity index (χ1v) is 4.79. The summed E-state index contributed by atoms with van der Waals surface area (Å²) in [4.78, 5) is 19.3. The Morgan fingerprint density at radius 2 is 2.20 bits per heavy atom. The molecular formula is C11H14N2O2. The van der Waals surface area contributed by atoms with E-state index in [2.05, 4.69) is 9.97 Å². The van der Waals surface area contributed by atoms with Crippen molar-refractivity contribution in [3.05, 3.63) is 29.4 Å². The van der Waals surface area contributed by atoms with Gasteiger partial charge in [0.1, 0.15) is 5.82 Å². The van der Waals surface area contributed by atoms with E-state index in [1.807, 2.05) is 19.9 Å². The first-order chi connectivity index (χ1) is 7.11. The van der Waals surface area contributed by atoms with Crippen molar-refractivity contribution in [1.82, 2.24) is 9.97 Å². The summed E-state index contributed by atoms with van der Waals surface area (Å²) in [6.07, 6.45) is 2.99. The second-order valence-electron chi connectivity index (χ2n) is 3.07. The number of nitrogens with zero attached hydrogens (tertiary/aromatic N) is 2. The van der Waals surface area contributed by atoms with Crippen LogP contribution in [0.4, 0.5) is 0 Å². The summed E-state index contributed by atoms with van der Waals surface area (Å²) in [6, 6.07) is 1.81. The SMILES string of the molecule is CCOC(=O)/C=C/c1cc(C)nc(C)n1. The van der Waals surface area contributed by atoms with Gasteiger partial charge in [0.2, 0.25) is 0 Å². The largest absolute Gasteiger partial charge is 0.463 e. The molecule has 0 atom stereocenters. The van der Waals surface area contributed by atoms with Crippen molar-refractivity contribution in [3.63, 3.8) is 0 Å². The molecule has 0 aliphatic carbocycles. The normalized spacial score (nSPS) is 10.6. The lowest BCUT2D eigenvalue weighted by Crippen LogP contribution is -1.99. The lowest BCUT2D eigenvalue weighted by molar-refractivity contribution is -0.137. The fourth-order valence-corrected chi connectivity index (χ4v) is 1.17. The zero-order chi connectivity index (χ0) is 11.3. The molecule has 0 aromatic carbocycles. The summed E-state index contributed by atoms with van der Waals surface area (Å²) in [7, 11) is 0. The highest BCUT2D eigenvalue weighted by Gasteiger charge is 1.97. The van der Waals surface area contributed by atoms with Crippen molar-refractivity contribution in [2.75, 3.05) is 6.61 Å². The Kier molecular flexibility index (Phi) is 3.97. The van der Waals surface area contributed by atoms with Gasteiger partial charge in [-0.25, -0.2) is 14.8 Å². The predicted molar refractivity (Wildman–Crippen MR) is 57.2 cm³/mol. The number of rotatable bonds is 3. The molecule has 4 nitrogen and oxygen atoms in total. The van der Waals surface area contributed by atoms with Crippen LogP contribution in [0.5, 0.6) is 0 Å². The van der Waals surface area contributed by atoms with Crippen molar-refractivity contribution < 1.29 is 9.53 Å². The van der Waals surface area contributed by atoms with Crippen molar-refractivity contribution >= 4 is 12.0 Å². The van der Waals surface area contributed by atoms with E-state index in [0.717, 1.165) is 5.69 Å². The van der Waals surface area contributed by atoms with Gasteiger partial charge < -0.3 is 4.74 Å². The van der Waals surface area contributed by atoms with E-state index in [1.165, 1.54) is 6.08 Å². The van der Waals surface area contributed by atoms with Crippen LogP contribution < -0.4 is 0 Å². The maximum absolute atomic E-state index is 11.0. The molecule has 0 N–H and O–H groups in total. The number of hydrogen-bond acceptors (Lipinski definition) is 4. The molecule has 80 valence electrons. The minimum absolute atomic E-state index is 0.355. The predicted octanol–water partition coefficient (Wildman–Crippen LogP) is 1.67. The first-order valence-electron chi connectivity index (χ1n) is 4.79. The average molecular weight is 206 g/mol. The van der Waals surface area contributed by atoms with Crippen LogP contribution in [0.15, 0.2) is 12.1 Å². The Labute approximate surface area is 89.0 Å². The van der Waals surface area contributed by atoms with Crippen LogP contribution in [0, 0.1) is 13.8 Å². The van der Waals surface area contributed by atoms with Gasteiger partial charge in [-0.3, -0.25) is 0 Å². The lowest BCUT2D eigenvalue weighted by atomic mass is 10.3. The monoisotopic (exact) mass is 206 g/mol. The molecule has 1 heterocycles. The maximum atomic E-state index is 11.0. The number of esters is 1. The third kappa shape index (κ3) is 3.89. The van der Waals surface area contributed by atoms with Crippen LogP contribution in [0.2, 0.25) is 0 Å². The average Bonchev–Trinajstić information content (AvgIpc) is 2.14. The van der Waals surface area contributed by atoms with Crippen LogP contribution in [-0.2, 0) is 9.53 Å². The molecule has 1 aromatic rings. The number of aryl methyl sites for hydroxylation is 2. The summed E-state index contributed by atoms with van der Waals surface area (Å²) < 4.78 is 4.75. The van der Waals surface area contributed by atoms with Crippen molar-refractivity contribution in [2.24, 2.45) is 0 Å². The molecule has 0 unspecified atom stereocenters. The fraction of sp³-hybridized carbons (Fsp3) is 0.364. The van der Waals surface area contributed by atoms with Gasteiger partial charge in [-0.1, -0.05) is 0 Å². The Bertz CT molecular complexity index is 366. The molecule has 0 spiro atoms. The highest BCUT2D eigenvalue weighted by molar-refractivity contribution is 5.86. The number of hydrogen-bond donors (Lipinski definition) is 0. The summed E-state index contributed by atoms with van der Waals surface area (Å²) >= 11 is 0. The van der Waals surface area contributed by atoms with E-state index in [-0.39, 0.29) is 5.97 Å². The van der Waals surface area contributed by atoms with Gasteiger partial charge in [-0.05, 0) is 32.9 Å². The summed E-state index contributed by atoms with van der Waals surface area (Å²) in [5.74, 6) is 0.338. The smallest absolute Gasteiger partial charge is 0.330 e. The topological polar surface area (TPSA) is 52.1 Å². The van der Waals surface area contributed by atoms with E-state index in [9.17, 15) is 4.79 Å². The molecule has 0 saturated heterocycles. The van der Waals surface area contributed by atoms with Crippen LogP contribution in [0.3, 0.4) is 0 Å². The van der Waals surface area contributed by atoms with E-state index in [4.69, 9.17) is 4.74 Å². The maximum Gasteiger partial charge on any atom is 0.330 e. The van der Waals surface area contributed by atoms with E-state index in [1.54, 1.807) is 13.0 Å². The molecule has 0 aliphatic heterocycles. The van der Waals surface area contributed by atoms with E-state index >= 15 is 0 Å². The number of aromatic nitrogens is 2. The van der Waals surface area contributed by atoms with Crippen LogP contribution in [0.25, 0.3) is 6.08 Å². The van der Waals surface area contributed by atoms with Gasteiger partial charge in [0.25, 0.3) is 0 Å². The molecule has 0 aliphatic rings. The van der Waals surface area contributed by atoms with Gasteiger partial charge in [-0.15, -0.1) is 0 Å². The van der Waals surface area contributed by atoms with Gasteiger partial charge in [-0.2, -0.15) is 0 Å². The van der Waals surface area contributed by atoms with Gasteiger partial charge in [0, 0.05) is 11.8 Å². The standard InChI is InChI=1S/C11H14N2O2/c1-4-15-11(14)6-5-10-7-8(2)12-9(3)13-10/h5-7H,4H2,1-3H3/b6-5+. The zero-order valence-corrected chi connectivity index (χ0v) is 9.15. The second kappa shape index (κ2) is 5.24. The van der Waals surface area contributed by atoms with Gasteiger partial charge in [0.05, 0.1) is 12.3 Å². The zero-order valence-electron chi connectivity index (χ0n) is 9.15. The highest BCUT2D eigenvalue weighted by atomic mass is 16.5. The molecule has 4 heteroatoms. The Morgan fingerprint density at radius 3 is 2.80 bits per heavy atom. The Hall–Kier alpha value is -1.71. The molecule has 15 heavy (non-hydrogen) atoms. The van der Waals surface area contributed by atoms with Crippen LogP contribution in [0.1, 0.15) is 24.1 Å². The highest BCUT2D eigenvalue weighted by Crippen LogP contribution is 2.02. The quantitative estimate of drug-likeness (QED) is 0.557. The second-order valence-corrected chi connectivity index (χ2v) is 3.07. The molecule has 1 rings (SSSR count). The molecule has 0 fully saturated rings. The summed E-state index contributed by atoms with van der Waals surface area (Å²) in [5.41, 5.74) is 1.60. The van der Waals surface area contributed by atoms with Crippen LogP contribution in [-0.4, -0.2) is 22.5 Å². The van der Waals surface area contributed by atoms with Crippen molar-refractivity contribution in [3.8, 4) is 0 Å². The number of ether oxygens (including phenoxy) is 1. The number of carbonyl (C=O) groups is 1. The minimum atomic E-state index is -0.355. The van der Waals surface area contributed by atoms with Crippen LogP contribution >= 0.6 is 0 Å².